The Hall–Kier alpha value is -2.44. The maximum absolute atomic E-state index is 5.55. The fraction of sp³-hybridized carbons (Fsp3) is 0.111. The summed E-state index contributed by atoms with van der Waals surface area (Å²) in [5.74, 6) is 0.234. The number of anilines is 1. The first-order valence-electron chi connectivity index (χ1n) is 4.70. The Morgan fingerprint density at radius 2 is 2.25 bits per heavy atom. The van der Waals surface area contributed by atoms with Gasteiger partial charge in [0.2, 0.25) is 5.95 Å². The zero-order valence-electron chi connectivity index (χ0n) is 8.57. The predicted octanol–water partition coefficient (Wildman–Crippen LogP) is 0.107. The van der Waals surface area contributed by atoms with Crippen molar-refractivity contribution < 1.29 is 0 Å². The molecule has 7 nitrogen and oxygen atoms in total. The molecule has 0 fully saturated rings. The number of aryl methyl sites for hydroxylation is 1. The van der Waals surface area contributed by atoms with Crippen molar-refractivity contribution in [1.29, 1.82) is 0 Å². The summed E-state index contributed by atoms with van der Waals surface area (Å²) in [4.78, 5) is 8.40. The van der Waals surface area contributed by atoms with Crippen LogP contribution in [-0.4, -0.2) is 29.4 Å². The van der Waals surface area contributed by atoms with Gasteiger partial charge in [-0.05, 0) is 0 Å². The molecule has 3 rings (SSSR count). The van der Waals surface area contributed by atoms with E-state index in [0.29, 0.717) is 5.65 Å². The standard InChI is InChI=1S/C9H9N7/c1-15-5-6(4-12-15)7-8-13-9(10)14-16(8)3-2-11-7/h2-5H,1H3,(H2,10,14). The molecular formula is C9H9N7. The molecule has 80 valence electrons. The van der Waals surface area contributed by atoms with E-state index >= 15 is 0 Å². The molecule has 0 saturated heterocycles. The van der Waals surface area contributed by atoms with Crippen LogP contribution in [0.25, 0.3) is 16.9 Å². The smallest absolute Gasteiger partial charge is 0.240 e. The normalized spacial score (nSPS) is 11.1. The van der Waals surface area contributed by atoms with E-state index in [1.165, 1.54) is 0 Å². The molecular weight excluding hydrogens is 206 g/mol. The minimum Gasteiger partial charge on any atom is -0.366 e. The number of nitrogens with two attached hydrogens (primary N) is 1. The fourth-order valence-corrected chi connectivity index (χ4v) is 1.58. The van der Waals surface area contributed by atoms with Gasteiger partial charge in [0.05, 0.1) is 6.20 Å². The van der Waals surface area contributed by atoms with Crippen LogP contribution in [0, 0.1) is 0 Å². The van der Waals surface area contributed by atoms with Crippen LogP contribution in [0.5, 0.6) is 0 Å². The third kappa shape index (κ3) is 1.22. The largest absolute Gasteiger partial charge is 0.366 e. The van der Waals surface area contributed by atoms with Gasteiger partial charge >= 0.3 is 0 Å². The van der Waals surface area contributed by atoms with E-state index in [1.807, 2.05) is 13.2 Å². The molecule has 7 heteroatoms. The monoisotopic (exact) mass is 215 g/mol. The minimum absolute atomic E-state index is 0.234. The molecule has 0 aromatic carbocycles. The number of nitrogens with zero attached hydrogens (tertiary/aromatic N) is 6. The van der Waals surface area contributed by atoms with Crippen molar-refractivity contribution >= 4 is 11.6 Å². The Morgan fingerprint density at radius 3 is 3.00 bits per heavy atom. The topological polar surface area (TPSA) is 86.9 Å². The van der Waals surface area contributed by atoms with E-state index in [4.69, 9.17) is 5.73 Å². The molecule has 0 atom stereocenters. The van der Waals surface area contributed by atoms with Crippen LogP contribution in [0.2, 0.25) is 0 Å². The quantitative estimate of drug-likeness (QED) is 0.622. The molecule has 0 bridgehead atoms. The van der Waals surface area contributed by atoms with Crippen molar-refractivity contribution in [3.8, 4) is 11.3 Å². The van der Waals surface area contributed by atoms with Crippen molar-refractivity contribution in [1.82, 2.24) is 29.4 Å². The predicted molar refractivity (Wildman–Crippen MR) is 57.4 cm³/mol. The second kappa shape index (κ2) is 3.02. The molecule has 0 saturated carbocycles. The zero-order valence-corrected chi connectivity index (χ0v) is 8.57. The number of hydrogen-bond donors (Lipinski definition) is 1. The van der Waals surface area contributed by atoms with Crippen molar-refractivity contribution in [2.24, 2.45) is 7.05 Å². The lowest BCUT2D eigenvalue weighted by Gasteiger charge is -1.96. The van der Waals surface area contributed by atoms with Crippen molar-refractivity contribution in [2.45, 2.75) is 0 Å². The van der Waals surface area contributed by atoms with Crippen LogP contribution in [0.1, 0.15) is 0 Å². The summed E-state index contributed by atoms with van der Waals surface area (Å²) in [7, 11) is 1.85. The van der Waals surface area contributed by atoms with Gasteiger partial charge in [-0.3, -0.25) is 9.67 Å². The van der Waals surface area contributed by atoms with Gasteiger partial charge in [0.25, 0.3) is 0 Å². The zero-order chi connectivity index (χ0) is 11.1. The Morgan fingerprint density at radius 1 is 1.38 bits per heavy atom. The lowest BCUT2D eigenvalue weighted by molar-refractivity contribution is 0.768. The summed E-state index contributed by atoms with van der Waals surface area (Å²) in [5, 5.41) is 8.12. The van der Waals surface area contributed by atoms with Gasteiger partial charge in [-0.2, -0.15) is 10.1 Å². The molecule has 0 aliphatic heterocycles. The molecule has 0 unspecified atom stereocenters. The minimum atomic E-state index is 0.234. The van der Waals surface area contributed by atoms with Crippen LogP contribution in [-0.2, 0) is 7.05 Å². The van der Waals surface area contributed by atoms with Gasteiger partial charge in [0.1, 0.15) is 5.69 Å². The first-order chi connectivity index (χ1) is 7.74. The van der Waals surface area contributed by atoms with Gasteiger partial charge in [0, 0.05) is 31.2 Å². The second-order valence-electron chi connectivity index (χ2n) is 3.42. The SMILES string of the molecule is Cn1cc(-c2nccn3nc(N)nc23)cn1. The van der Waals surface area contributed by atoms with Crippen molar-refractivity contribution in [3.63, 3.8) is 0 Å². The highest BCUT2D eigenvalue weighted by molar-refractivity contribution is 5.72. The van der Waals surface area contributed by atoms with E-state index in [1.54, 1.807) is 27.8 Å². The van der Waals surface area contributed by atoms with Crippen LogP contribution in [0.15, 0.2) is 24.8 Å². The van der Waals surface area contributed by atoms with Crippen LogP contribution in [0.3, 0.4) is 0 Å². The summed E-state index contributed by atoms with van der Waals surface area (Å²) in [6.45, 7) is 0. The summed E-state index contributed by atoms with van der Waals surface area (Å²) in [5.41, 5.74) is 7.79. The van der Waals surface area contributed by atoms with Crippen molar-refractivity contribution in [2.75, 3.05) is 5.73 Å². The Bertz CT molecular complexity index is 651. The number of fused-ring (bicyclic) bond motifs is 1. The summed E-state index contributed by atoms with van der Waals surface area (Å²) in [6.07, 6.45) is 6.96. The van der Waals surface area contributed by atoms with Crippen LogP contribution in [0.4, 0.5) is 5.95 Å². The van der Waals surface area contributed by atoms with Gasteiger partial charge in [-0.1, -0.05) is 0 Å². The Balaban J connectivity index is 2.30. The highest BCUT2D eigenvalue weighted by atomic mass is 15.3. The molecule has 16 heavy (non-hydrogen) atoms. The number of hydrogen-bond acceptors (Lipinski definition) is 5. The van der Waals surface area contributed by atoms with Crippen LogP contribution < -0.4 is 5.73 Å². The average Bonchev–Trinajstić information content (AvgIpc) is 2.82. The Kier molecular flexibility index (Phi) is 1.67. The fourth-order valence-electron chi connectivity index (χ4n) is 1.58. The highest BCUT2D eigenvalue weighted by Gasteiger charge is 2.10. The number of rotatable bonds is 1. The van der Waals surface area contributed by atoms with E-state index in [9.17, 15) is 0 Å². The van der Waals surface area contributed by atoms with E-state index in [-0.39, 0.29) is 5.95 Å². The molecule has 0 amide bonds. The molecule has 2 N–H and O–H groups in total. The lowest BCUT2D eigenvalue weighted by atomic mass is 10.2. The Labute approximate surface area is 90.5 Å². The summed E-state index contributed by atoms with van der Waals surface area (Å²) >= 11 is 0. The van der Waals surface area contributed by atoms with Gasteiger partial charge in [0.15, 0.2) is 5.65 Å². The molecule has 0 radical (unpaired) electrons. The third-order valence-electron chi connectivity index (χ3n) is 2.25. The van der Waals surface area contributed by atoms with Crippen molar-refractivity contribution in [3.05, 3.63) is 24.8 Å². The van der Waals surface area contributed by atoms with E-state index in [2.05, 4.69) is 20.2 Å². The lowest BCUT2D eigenvalue weighted by Crippen LogP contribution is -1.92. The first-order valence-corrected chi connectivity index (χ1v) is 4.70. The first kappa shape index (κ1) is 8.84. The molecule has 0 aliphatic rings. The summed E-state index contributed by atoms with van der Waals surface area (Å²) < 4.78 is 3.31. The van der Waals surface area contributed by atoms with Gasteiger partial charge < -0.3 is 5.73 Å². The molecule has 3 aromatic heterocycles. The number of nitrogen functional groups attached to an aromatic ring is 1. The molecule has 3 aromatic rings. The van der Waals surface area contributed by atoms with Crippen LogP contribution >= 0.6 is 0 Å². The molecule has 0 aliphatic carbocycles. The molecule has 0 spiro atoms. The van der Waals surface area contributed by atoms with Gasteiger partial charge in [-0.25, -0.2) is 4.52 Å². The second-order valence-corrected chi connectivity index (χ2v) is 3.42. The third-order valence-corrected chi connectivity index (χ3v) is 2.25. The van der Waals surface area contributed by atoms with E-state index in [0.717, 1.165) is 11.3 Å². The average molecular weight is 215 g/mol. The molecule has 3 heterocycles. The highest BCUT2D eigenvalue weighted by Crippen LogP contribution is 2.19. The summed E-state index contributed by atoms with van der Waals surface area (Å²) in [6, 6.07) is 0. The number of aromatic nitrogens is 6. The van der Waals surface area contributed by atoms with E-state index < -0.39 is 0 Å². The van der Waals surface area contributed by atoms with Gasteiger partial charge in [-0.15, -0.1) is 5.10 Å². The maximum Gasteiger partial charge on any atom is 0.240 e. The maximum atomic E-state index is 5.55.